The Bertz CT molecular complexity index is 874. The number of aromatic nitrogens is 2. The lowest BCUT2D eigenvalue weighted by molar-refractivity contribution is -0.385. The van der Waals surface area contributed by atoms with E-state index in [9.17, 15) is 19.7 Å². The van der Waals surface area contributed by atoms with Gasteiger partial charge >= 0.3 is 11.4 Å². The number of hydrogen-bond acceptors (Lipinski definition) is 6. The molecule has 0 aliphatic heterocycles. The van der Waals surface area contributed by atoms with Crippen LogP contribution in [0, 0.1) is 21.4 Å². The van der Waals surface area contributed by atoms with Crippen LogP contribution in [0.5, 0.6) is 5.75 Å². The van der Waals surface area contributed by atoms with E-state index < -0.39 is 16.2 Å². The van der Waals surface area contributed by atoms with Crippen molar-refractivity contribution < 1.29 is 9.66 Å². The van der Waals surface area contributed by atoms with Crippen molar-refractivity contribution in [3.63, 3.8) is 0 Å². The van der Waals surface area contributed by atoms with Crippen LogP contribution in [-0.2, 0) is 0 Å². The second kappa shape index (κ2) is 5.30. The Kier molecular flexibility index (Phi) is 3.53. The first kappa shape index (κ1) is 14.0. The van der Waals surface area contributed by atoms with E-state index in [-0.39, 0.29) is 22.7 Å². The molecule has 0 aliphatic rings. The Morgan fingerprint density at radius 1 is 1.43 bits per heavy atom. The second-order valence-electron chi connectivity index (χ2n) is 3.90. The molecule has 9 heteroatoms. The van der Waals surface area contributed by atoms with Gasteiger partial charge in [0.25, 0.3) is 5.56 Å². The quantitative estimate of drug-likeness (QED) is 0.638. The van der Waals surface area contributed by atoms with E-state index in [0.29, 0.717) is 0 Å². The molecule has 0 radical (unpaired) electrons. The van der Waals surface area contributed by atoms with E-state index in [4.69, 9.17) is 10.00 Å². The summed E-state index contributed by atoms with van der Waals surface area (Å²) in [5, 5.41) is 19.7. The van der Waals surface area contributed by atoms with Crippen LogP contribution in [-0.4, -0.2) is 21.6 Å². The maximum absolute atomic E-state index is 11.7. The summed E-state index contributed by atoms with van der Waals surface area (Å²) >= 11 is 0. The van der Waals surface area contributed by atoms with Gasteiger partial charge in [-0.05, 0) is 12.1 Å². The predicted octanol–water partition coefficient (Wildman–Crippen LogP) is 0.314. The summed E-state index contributed by atoms with van der Waals surface area (Å²) in [7, 11) is 1.28. The summed E-state index contributed by atoms with van der Waals surface area (Å²) in [6.07, 6.45) is 1.02. The van der Waals surface area contributed by atoms with Crippen molar-refractivity contribution >= 4 is 5.69 Å². The molecule has 0 saturated carbocycles. The molecule has 2 rings (SSSR count). The molecule has 1 aromatic carbocycles. The fourth-order valence-corrected chi connectivity index (χ4v) is 1.71. The van der Waals surface area contributed by atoms with Gasteiger partial charge in [0, 0.05) is 12.3 Å². The Morgan fingerprint density at radius 3 is 2.71 bits per heavy atom. The first-order valence-corrected chi connectivity index (χ1v) is 5.57. The number of hydrogen-bond donors (Lipinski definition) is 1. The summed E-state index contributed by atoms with van der Waals surface area (Å²) in [6.45, 7) is 0. The van der Waals surface area contributed by atoms with Gasteiger partial charge in [-0.3, -0.25) is 24.5 Å². The summed E-state index contributed by atoms with van der Waals surface area (Å²) in [6, 6.07) is 5.45. The Morgan fingerprint density at radius 2 is 2.14 bits per heavy atom. The van der Waals surface area contributed by atoms with Gasteiger partial charge in [0.1, 0.15) is 11.6 Å². The lowest BCUT2D eigenvalue weighted by Crippen LogP contribution is -2.30. The highest BCUT2D eigenvalue weighted by Crippen LogP contribution is 2.28. The van der Waals surface area contributed by atoms with Gasteiger partial charge in [0.2, 0.25) is 0 Å². The highest BCUT2D eigenvalue weighted by atomic mass is 16.6. The number of aromatic amines is 1. The summed E-state index contributed by atoms with van der Waals surface area (Å²) < 4.78 is 5.79. The van der Waals surface area contributed by atoms with E-state index in [1.165, 1.54) is 19.2 Å². The minimum absolute atomic E-state index is 0.0294. The van der Waals surface area contributed by atoms with Crippen LogP contribution < -0.4 is 16.0 Å². The smallest absolute Gasteiger partial charge is 0.332 e. The number of nitrogens with zero attached hydrogens (tertiary/aromatic N) is 3. The minimum Gasteiger partial charge on any atom is -0.490 e. The van der Waals surface area contributed by atoms with Gasteiger partial charge in [0.05, 0.1) is 17.7 Å². The number of methoxy groups -OCH3 is 1. The van der Waals surface area contributed by atoms with Gasteiger partial charge in [-0.15, -0.1) is 0 Å². The molecule has 0 spiro atoms. The largest absolute Gasteiger partial charge is 0.490 e. The van der Waals surface area contributed by atoms with Gasteiger partial charge in [-0.25, -0.2) is 4.79 Å². The molecule has 9 nitrogen and oxygen atoms in total. The molecule has 0 aliphatic carbocycles. The standard InChI is InChI=1S/C12H8N4O5/c1-21-10-3-2-8(4-9(10)16(19)20)15-6-7(5-13)11(17)14-12(15)18/h2-4,6H,1H3,(H,14,17,18). The fourth-order valence-electron chi connectivity index (χ4n) is 1.71. The normalized spacial score (nSPS) is 9.90. The number of nitriles is 1. The molecular formula is C12H8N4O5. The molecule has 0 saturated heterocycles. The van der Waals surface area contributed by atoms with Crippen molar-refractivity contribution in [3.05, 3.63) is 60.9 Å². The molecule has 0 unspecified atom stereocenters. The Labute approximate surface area is 116 Å². The van der Waals surface area contributed by atoms with Gasteiger partial charge in [-0.1, -0.05) is 0 Å². The topological polar surface area (TPSA) is 131 Å². The maximum atomic E-state index is 11.7. The number of nitro benzene ring substituents is 1. The third-order valence-electron chi connectivity index (χ3n) is 2.70. The molecule has 0 fully saturated rings. The minimum atomic E-state index is -0.818. The van der Waals surface area contributed by atoms with E-state index in [1.54, 1.807) is 6.07 Å². The number of rotatable bonds is 3. The molecule has 106 valence electrons. The van der Waals surface area contributed by atoms with Crippen molar-refractivity contribution in [1.29, 1.82) is 5.26 Å². The zero-order valence-corrected chi connectivity index (χ0v) is 10.7. The van der Waals surface area contributed by atoms with Crippen LogP contribution >= 0.6 is 0 Å². The number of nitro groups is 1. The molecular weight excluding hydrogens is 280 g/mol. The van der Waals surface area contributed by atoms with Gasteiger partial charge < -0.3 is 4.74 Å². The first-order chi connectivity index (χ1) is 9.97. The highest BCUT2D eigenvalue weighted by Gasteiger charge is 2.17. The zero-order valence-electron chi connectivity index (χ0n) is 10.7. The highest BCUT2D eigenvalue weighted by molar-refractivity contribution is 5.53. The molecule has 21 heavy (non-hydrogen) atoms. The number of benzene rings is 1. The van der Waals surface area contributed by atoms with Crippen LogP contribution in [0.1, 0.15) is 5.56 Å². The Balaban J connectivity index is 2.71. The molecule has 1 heterocycles. The maximum Gasteiger partial charge on any atom is 0.332 e. The van der Waals surface area contributed by atoms with Crippen molar-refractivity contribution in [2.24, 2.45) is 0 Å². The fraction of sp³-hybridized carbons (Fsp3) is 0.0833. The second-order valence-corrected chi connectivity index (χ2v) is 3.90. The van der Waals surface area contributed by atoms with E-state index in [2.05, 4.69) is 0 Å². The average molecular weight is 288 g/mol. The third-order valence-corrected chi connectivity index (χ3v) is 2.70. The van der Waals surface area contributed by atoms with Crippen molar-refractivity contribution in [1.82, 2.24) is 9.55 Å². The first-order valence-electron chi connectivity index (χ1n) is 5.57. The molecule has 1 N–H and O–H groups in total. The summed E-state index contributed by atoms with van der Waals surface area (Å²) in [5.41, 5.74) is -2.12. The van der Waals surface area contributed by atoms with Crippen LogP contribution in [0.15, 0.2) is 34.0 Å². The van der Waals surface area contributed by atoms with Crippen molar-refractivity contribution in [2.75, 3.05) is 7.11 Å². The van der Waals surface area contributed by atoms with Crippen molar-refractivity contribution in [3.8, 4) is 17.5 Å². The van der Waals surface area contributed by atoms with Crippen LogP contribution in [0.4, 0.5) is 5.69 Å². The average Bonchev–Trinajstić information content (AvgIpc) is 2.46. The zero-order chi connectivity index (χ0) is 15.6. The van der Waals surface area contributed by atoms with Crippen molar-refractivity contribution in [2.45, 2.75) is 0 Å². The Hall–Kier alpha value is -3.41. The lowest BCUT2D eigenvalue weighted by atomic mass is 10.2. The number of H-pyrrole nitrogens is 1. The molecule has 2 aromatic rings. The third kappa shape index (κ3) is 2.50. The molecule has 0 atom stereocenters. The summed E-state index contributed by atoms with van der Waals surface area (Å²) in [5.74, 6) is 0.0294. The van der Waals surface area contributed by atoms with Crippen LogP contribution in [0.3, 0.4) is 0 Å². The number of nitrogens with one attached hydrogen (secondary N) is 1. The predicted molar refractivity (Wildman–Crippen MR) is 70.6 cm³/mol. The van der Waals surface area contributed by atoms with Gasteiger partial charge in [-0.2, -0.15) is 5.26 Å². The van der Waals surface area contributed by atoms with Gasteiger partial charge in [0.15, 0.2) is 5.75 Å². The van der Waals surface area contributed by atoms with Crippen LogP contribution in [0.2, 0.25) is 0 Å². The van der Waals surface area contributed by atoms with Crippen LogP contribution in [0.25, 0.3) is 5.69 Å². The van der Waals surface area contributed by atoms with E-state index in [0.717, 1.165) is 16.8 Å². The summed E-state index contributed by atoms with van der Waals surface area (Å²) in [4.78, 5) is 35.3. The molecule has 0 bridgehead atoms. The van der Waals surface area contributed by atoms with E-state index in [1.807, 2.05) is 4.98 Å². The SMILES string of the molecule is COc1ccc(-n2cc(C#N)c(=O)[nH]c2=O)cc1[N+](=O)[O-]. The number of ether oxygens (including phenoxy) is 1. The molecule has 0 amide bonds. The monoisotopic (exact) mass is 288 g/mol. The molecule has 1 aromatic heterocycles. The van der Waals surface area contributed by atoms with E-state index >= 15 is 0 Å². The lowest BCUT2D eigenvalue weighted by Gasteiger charge is -2.07.